The maximum atomic E-state index is 11.4. The molecule has 0 spiro atoms. The average molecular weight is 335 g/mol. The van der Waals surface area contributed by atoms with Gasteiger partial charge in [0.25, 0.3) is 0 Å². The van der Waals surface area contributed by atoms with Crippen LogP contribution in [0.25, 0.3) is 10.4 Å². The molecule has 2 heterocycles. The molecule has 0 N–H and O–H groups in total. The van der Waals surface area contributed by atoms with Gasteiger partial charge in [-0.2, -0.15) is 0 Å². The zero-order valence-electron chi connectivity index (χ0n) is 13.3. The summed E-state index contributed by atoms with van der Waals surface area (Å²) in [4.78, 5) is 8.10. The number of rotatable bonds is 2. The van der Waals surface area contributed by atoms with Crippen LogP contribution in [0.5, 0.6) is 0 Å². The van der Waals surface area contributed by atoms with Crippen molar-refractivity contribution in [1.82, 2.24) is 4.98 Å². The van der Waals surface area contributed by atoms with E-state index >= 15 is 0 Å². The summed E-state index contributed by atoms with van der Waals surface area (Å²) in [5.74, 6) is 1.57. The summed E-state index contributed by atoms with van der Waals surface area (Å²) in [5.41, 5.74) is 2.55. The van der Waals surface area contributed by atoms with Crippen molar-refractivity contribution in [3.05, 3.63) is 35.5 Å². The normalized spacial score (nSPS) is 17.0. The summed E-state index contributed by atoms with van der Waals surface area (Å²) in [7, 11) is 0. The van der Waals surface area contributed by atoms with Gasteiger partial charge in [-0.3, -0.25) is 0 Å². The van der Waals surface area contributed by atoms with E-state index in [0.29, 0.717) is 0 Å². The molecule has 0 aliphatic carbocycles. The van der Waals surface area contributed by atoms with E-state index in [-0.39, 0.29) is 5.41 Å². The first-order valence-electron chi connectivity index (χ1n) is 7.60. The highest BCUT2D eigenvalue weighted by Gasteiger charge is 2.20. The van der Waals surface area contributed by atoms with Gasteiger partial charge in [0.05, 0.1) is 23.0 Å². The van der Waals surface area contributed by atoms with Crippen molar-refractivity contribution in [2.24, 2.45) is 0 Å². The molecule has 0 amide bonds. The van der Waals surface area contributed by atoms with Gasteiger partial charge in [-0.1, -0.05) is 44.1 Å². The molecule has 0 unspecified atom stereocenters. The molecule has 118 valence electrons. The number of hydrogen-bond donors (Lipinski definition) is 0. The largest absolute Gasteiger partial charge is 0.616 e. The van der Waals surface area contributed by atoms with E-state index in [9.17, 15) is 4.55 Å². The number of anilines is 1. The van der Waals surface area contributed by atoms with E-state index in [1.165, 1.54) is 21.1 Å². The Morgan fingerprint density at radius 2 is 1.77 bits per heavy atom. The second kappa shape index (κ2) is 6.22. The van der Waals surface area contributed by atoms with Crippen molar-refractivity contribution in [1.29, 1.82) is 0 Å². The third kappa shape index (κ3) is 3.47. The van der Waals surface area contributed by atoms with E-state index in [2.05, 4.69) is 54.9 Å². The summed E-state index contributed by atoms with van der Waals surface area (Å²) in [6, 6.07) is 8.67. The molecule has 22 heavy (non-hydrogen) atoms. The molecular formula is C17H22N2OS2. The third-order valence-corrected chi connectivity index (χ3v) is 6.59. The molecule has 1 aromatic carbocycles. The van der Waals surface area contributed by atoms with Gasteiger partial charge in [-0.25, -0.2) is 4.98 Å². The minimum Gasteiger partial charge on any atom is -0.616 e. The maximum Gasteiger partial charge on any atom is 0.123 e. The summed E-state index contributed by atoms with van der Waals surface area (Å²) in [6.07, 6.45) is 1.98. The monoisotopic (exact) mass is 334 g/mol. The summed E-state index contributed by atoms with van der Waals surface area (Å²) in [6.45, 7) is 8.36. The first-order valence-corrected chi connectivity index (χ1v) is 9.90. The highest BCUT2D eigenvalue weighted by Crippen LogP contribution is 2.33. The fourth-order valence-electron chi connectivity index (χ4n) is 2.49. The number of aromatic nitrogens is 1. The zero-order chi connectivity index (χ0) is 15.7. The fraction of sp³-hybridized carbons (Fsp3) is 0.471. The second-order valence-electron chi connectivity index (χ2n) is 6.66. The van der Waals surface area contributed by atoms with Crippen LogP contribution in [0.3, 0.4) is 0 Å². The van der Waals surface area contributed by atoms with Crippen molar-refractivity contribution in [2.45, 2.75) is 26.2 Å². The van der Waals surface area contributed by atoms with Gasteiger partial charge in [0.2, 0.25) is 0 Å². The lowest BCUT2D eigenvalue weighted by Crippen LogP contribution is -2.40. The van der Waals surface area contributed by atoms with Crippen molar-refractivity contribution in [3.63, 3.8) is 0 Å². The Kier molecular flexibility index (Phi) is 4.48. The van der Waals surface area contributed by atoms with Gasteiger partial charge in [0, 0.05) is 17.3 Å². The molecule has 1 fully saturated rings. The van der Waals surface area contributed by atoms with Crippen molar-refractivity contribution < 1.29 is 4.55 Å². The molecule has 2 aromatic rings. The van der Waals surface area contributed by atoms with Crippen LogP contribution in [-0.4, -0.2) is 34.1 Å². The van der Waals surface area contributed by atoms with E-state index < -0.39 is 11.2 Å². The van der Waals surface area contributed by atoms with Crippen LogP contribution in [0, 0.1) is 0 Å². The van der Waals surface area contributed by atoms with Crippen LogP contribution in [0.4, 0.5) is 5.69 Å². The summed E-state index contributed by atoms with van der Waals surface area (Å²) in [5, 5.41) is 1.17. The van der Waals surface area contributed by atoms with Crippen LogP contribution in [0.2, 0.25) is 0 Å². The molecule has 1 saturated heterocycles. The van der Waals surface area contributed by atoms with Crippen molar-refractivity contribution in [3.8, 4) is 10.4 Å². The first kappa shape index (κ1) is 15.8. The second-order valence-corrected chi connectivity index (χ2v) is 9.39. The number of thiazole rings is 1. The minimum atomic E-state index is -0.623. The standard InChI is InChI=1S/C17H22N2OS2/c1-17(2,3)16-18-12-15(21-16)13-4-6-14(7-5-13)19-8-10-22(20)11-9-19/h4-7,12H,8-11H2,1-3H3. The smallest absolute Gasteiger partial charge is 0.123 e. The average Bonchev–Trinajstić information content (AvgIpc) is 2.98. The van der Waals surface area contributed by atoms with E-state index in [1.807, 2.05) is 6.20 Å². The Morgan fingerprint density at radius 1 is 1.14 bits per heavy atom. The minimum absolute atomic E-state index is 0.103. The Hall–Kier alpha value is -1.04. The quantitative estimate of drug-likeness (QED) is 0.787. The van der Waals surface area contributed by atoms with Gasteiger partial charge in [0.15, 0.2) is 0 Å². The molecule has 0 bridgehead atoms. The molecule has 3 nitrogen and oxygen atoms in total. The molecule has 0 saturated carbocycles. The van der Waals surface area contributed by atoms with Crippen LogP contribution in [-0.2, 0) is 16.6 Å². The van der Waals surface area contributed by atoms with Crippen molar-refractivity contribution in [2.75, 3.05) is 29.5 Å². The van der Waals surface area contributed by atoms with Crippen molar-refractivity contribution >= 4 is 28.2 Å². The topological polar surface area (TPSA) is 39.2 Å². The molecule has 0 atom stereocenters. The molecule has 1 aliphatic heterocycles. The number of nitrogens with zero attached hydrogens (tertiary/aromatic N) is 2. The molecule has 1 aliphatic rings. The Morgan fingerprint density at radius 3 is 2.32 bits per heavy atom. The Balaban J connectivity index is 1.75. The molecule has 1 aromatic heterocycles. The van der Waals surface area contributed by atoms with Gasteiger partial charge < -0.3 is 9.45 Å². The van der Waals surface area contributed by atoms with Gasteiger partial charge in [-0.15, -0.1) is 11.3 Å². The fourth-order valence-corrected chi connectivity index (χ4v) is 4.52. The molecular weight excluding hydrogens is 312 g/mol. The first-order chi connectivity index (χ1) is 10.4. The summed E-state index contributed by atoms with van der Waals surface area (Å²) >= 11 is 1.15. The van der Waals surface area contributed by atoms with Crippen LogP contribution < -0.4 is 4.90 Å². The molecule has 3 rings (SSSR count). The van der Waals surface area contributed by atoms with Gasteiger partial charge in [-0.05, 0) is 17.7 Å². The maximum absolute atomic E-state index is 11.4. The lowest BCUT2D eigenvalue weighted by atomic mass is 9.98. The lowest BCUT2D eigenvalue weighted by molar-refractivity contribution is 0.585. The van der Waals surface area contributed by atoms with E-state index in [4.69, 9.17) is 0 Å². The van der Waals surface area contributed by atoms with Crippen LogP contribution in [0.15, 0.2) is 30.5 Å². The Bertz CT molecular complexity index is 623. The molecule has 0 radical (unpaired) electrons. The van der Waals surface area contributed by atoms with Crippen LogP contribution in [0.1, 0.15) is 25.8 Å². The van der Waals surface area contributed by atoms with Gasteiger partial charge in [0.1, 0.15) is 11.5 Å². The predicted molar refractivity (Wildman–Crippen MR) is 96.3 cm³/mol. The summed E-state index contributed by atoms with van der Waals surface area (Å²) < 4.78 is 11.4. The lowest BCUT2D eigenvalue weighted by Gasteiger charge is -2.30. The molecule has 5 heteroatoms. The third-order valence-electron chi connectivity index (χ3n) is 3.84. The number of benzene rings is 1. The SMILES string of the molecule is CC(C)(C)c1ncc(-c2ccc(N3CC[S+]([O-])CC3)cc2)s1. The Labute approximate surface area is 139 Å². The zero-order valence-corrected chi connectivity index (χ0v) is 15.0. The number of hydrogen-bond acceptors (Lipinski definition) is 4. The van der Waals surface area contributed by atoms with E-state index in [0.717, 1.165) is 24.6 Å². The van der Waals surface area contributed by atoms with E-state index in [1.54, 1.807) is 11.3 Å². The highest BCUT2D eigenvalue weighted by molar-refractivity contribution is 7.91. The highest BCUT2D eigenvalue weighted by atomic mass is 32.2. The van der Waals surface area contributed by atoms with Crippen LogP contribution >= 0.6 is 11.3 Å². The van der Waals surface area contributed by atoms with Gasteiger partial charge >= 0.3 is 0 Å². The predicted octanol–water partition coefficient (Wildman–Crippen LogP) is 3.68.